The van der Waals surface area contributed by atoms with E-state index >= 15 is 0 Å². The van der Waals surface area contributed by atoms with Crippen LogP contribution in [0.15, 0.2) is 42.7 Å². The van der Waals surface area contributed by atoms with Gasteiger partial charge in [-0.25, -0.2) is 9.67 Å². The van der Waals surface area contributed by atoms with Gasteiger partial charge in [0.2, 0.25) is 5.88 Å². The Bertz CT molecular complexity index is 1010. The second-order valence-corrected chi connectivity index (χ2v) is 7.20. The molecule has 0 bridgehead atoms. The summed E-state index contributed by atoms with van der Waals surface area (Å²) in [6.45, 7) is 5.13. The number of hydrogen-bond donors (Lipinski definition) is 0. The zero-order valence-corrected chi connectivity index (χ0v) is 16.9. The Morgan fingerprint density at radius 3 is 2.52 bits per heavy atom. The van der Waals surface area contributed by atoms with Crippen LogP contribution in [0, 0.1) is 6.92 Å². The molecule has 0 aromatic carbocycles. The van der Waals surface area contributed by atoms with Gasteiger partial charge >= 0.3 is 0 Å². The summed E-state index contributed by atoms with van der Waals surface area (Å²) in [5, 5.41) is 4.63. The topological polar surface area (TPSA) is 76.4 Å². The summed E-state index contributed by atoms with van der Waals surface area (Å²) in [5.41, 5.74) is 3.73. The minimum atomic E-state index is -0.0628. The fourth-order valence-electron chi connectivity index (χ4n) is 3.33. The van der Waals surface area contributed by atoms with Crippen molar-refractivity contribution in [3.05, 3.63) is 54.0 Å². The Morgan fingerprint density at radius 2 is 1.86 bits per heavy atom. The molecule has 0 saturated carbocycles. The number of methoxy groups -OCH3 is 1. The molecular weight excluding hydrogens is 368 g/mol. The van der Waals surface area contributed by atoms with Gasteiger partial charge in [0.15, 0.2) is 5.69 Å². The predicted molar refractivity (Wildman–Crippen MR) is 109 cm³/mol. The first-order valence-electron chi connectivity index (χ1n) is 9.56. The highest BCUT2D eigenvalue weighted by Crippen LogP contribution is 2.24. The molecular formula is C21H24N6O2. The molecule has 1 fully saturated rings. The molecule has 150 valence electrons. The van der Waals surface area contributed by atoms with E-state index in [2.05, 4.69) is 27.0 Å². The minimum absolute atomic E-state index is 0.0628. The Morgan fingerprint density at radius 1 is 1.07 bits per heavy atom. The minimum Gasteiger partial charge on any atom is -0.481 e. The molecule has 0 N–H and O–H groups in total. The molecule has 0 aliphatic carbocycles. The summed E-state index contributed by atoms with van der Waals surface area (Å²) < 4.78 is 6.87. The summed E-state index contributed by atoms with van der Waals surface area (Å²) >= 11 is 0. The highest BCUT2D eigenvalue weighted by Gasteiger charge is 2.24. The zero-order valence-electron chi connectivity index (χ0n) is 16.9. The fraction of sp³-hybridized carbons (Fsp3) is 0.333. The number of likely N-dealkylation sites (N-methyl/N-ethyl adjacent to an activating group) is 1. The number of piperazine rings is 1. The summed E-state index contributed by atoms with van der Waals surface area (Å²) in [5.74, 6) is 0.456. The molecule has 1 saturated heterocycles. The van der Waals surface area contributed by atoms with Gasteiger partial charge in [-0.15, -0.1) is 0 Å². The molecule has 1 aliphatic heterocycles. The van der Waals surface area contributed by atoms with Crippen molar-refractivity contribution in [3.63, 3.8) is 0 Å². The third-order valence-electron chi connectivity index (χ3n) is 5.07. The van der Waals surface area contributed by atoms with E-state index in [0.717, 1.165) is 35.7 Å². The third-order valence-corrected chi connectivity index (χ3v) is 5.07. The molecule has 1 aliphatic rings. The molecule has 0 radical (unpaired) electrons. The summed E-state index contributed by atoms with van der Waals surface area (Å²) in [6, 6.07) is 9.37. The molecule has 4 rings (SSSR count). The van der Waals surface area contributed by atoms with Crippen LogP contribution >= 0.6 is 0 Å². The Balaban J connectivity index is 1.75. The number of pyridine rings is 2. The zero-order chi connectivity index (χ0) is 20.4. The molecule has 0 spiro atoms. The quantitative estimate of drug-likeness (QED) is 0.676. The molecule has 29 heavy (non-hydrogen) atoms. The lowest BCUT2D eigenvalue weighted by molar-refractivity contribution is 0.0657. The van der Waals surface area contributed by atoms with Gasteiger partial charge in [-0.1, -0.05) is 0 Å². The lowest BCUT2D eigenvalue weighted by Crippen LogP contribution is -2.47. The van der Waals surface area contributed by atoms with E-state index in [1.165, 1.54) is 0 Å². The molecule has 1 amide bonds. The SMILES string of the molecule is COc1ccc(-n2nc(C(=O)N3CCN(C)CC3)cc2-c2cc(C)ccn2)cn1. The van der Waals surface area contributed by atoms with Crippen LogP contribution in [-0.4, -0.2) is 75.8 Å². The Hall–Kier alpha value is -3.26. The van der Waals surface area contributed by atoms with Crippen molar-refractivity contribution >= 4 is 5.91 Å². The number of aromatic nitrogens is 4. The second kappa shape index (κ2) is 8.00. The van der Waals surface area contributed by atoms with E-state index in [0.29, 0.717) is 24.7 Å². The normalized spacial score (nSPS) is 14.8. The van der Waals surface area contributed by atoms with Gasteiger partial charge in [-0.3, -0.25) is 9.78 Å². The number of carbonyl (C=O) groups is 1. The van der Waals surface area contributed by atoms with Gasteiger partial charge in [0.05, 0.1) is 30.4 Å². The van der Waals surface area contributed by atoms with Crippen molar-refractivity contribution < 1.29 is 9.53 Å². The average molecular weight is 392 g/mol. The maximum atomic E-state index is 13.1. The average Bonchev–Trinajstić information content (AvgIpc) is 3.19. The second-order valence-electron chi connectivity index (χ2n) is 7.20. The van der Waals surface area contributed by atoms with Gasteiger partial charge < -0.3 is 14.5 Å². The Kier molecular flexibility index (Phi) is 5.26. The van der Waals surface area contributed by atoms with Crippen LogP contribution < -0.4 is 4.74 Å². The van der Waals surface area contributed by atoms with Crippen LogP contribution in [0.4, 0.5) is 0 Å². The van der Waals surface area contributed by atoms with E-state index in [4.69, 9.17) is 4.74 Å². The van der Waals surface area contributed by atoms with E-state index in [1.54, 1.807) is 30.3 Å². The number of rotatable bonds is 4. The monoisotopic (exact) mass is 392 g/mol. The van der Waals surface area contributed by atoms with Crippen molar-refractivity contribution in [2.24, 2.45) is 0 Å². The highest BCUT2D eigenvalue weighted by molar-refractivity contribution is 5.93. The first kappa shape index (κ1) is 19.1. The maximum absolute atomic E-state index is 13.1. The lowest BCUT2D eigenvalue weighted by atomic mass is 10.2. The van der Waals surface area contributed by atoms with Gasteiger partial charge in [0.1, 0.15) is 0 Å². The van der Waals surface area contributed by atoms with E-state index in [9.17, 15) is 4.79 Å². The van der Waals surface area contributed by atoms with Crippen molar-refractivity contribution in [2.45, 2.75) is 6.92 Å². The summed E-state index contributed by atoms with van der Waals surface area (Å²) in [6.07, 6.45) is 3.44. The maximum Gasteiger partial charge on any atom is 0.274 e. The van der Waals surface area contributed by atoms with Crippen molar-refractivity contribution in [2.75, 3.05) is 40.3 Å². The Labute approximate surface area is 169 Å². The number of carbonyl (C=O) groups excluding carboxylic acids is 1. The molecule has 3 aromatic heterocycles. The van der Waals surface area contributed by atoms with Crippen LogP contribution in [-0.2, 0) is 0 Å². The number of hydrogen-bond acceptors (Lipinski definition) is 6. The molecule has 4 heterocycles. The number of nitrogens with zero attached hydrogens (tertiary/aromatic N) is 6. The molecule has 0 atom stereocenters. The van der Waals surface area contributed by atoms with Crippen molar-refractivity contribution in [3.8, 4) is 23.0 Å². The van der Waals surface area contributed by atoms with Gasteiger partial charge in [-0.05, 0) is 43.8 Å². The van der Waals surface area contributed by atoms with Crippen LogP contribution in [0.2, 0.25) is 0 Å². The van der Waals surface area contributed by atoms with E-state index < -0.39 is 0 Å². The number of aryl methyl sites for hydroxylation is 1. The molecule has 8 nitrogen and oxygen atoms in total. The van der Waals surface area contributed by atoms with Crippen molar-refractivity contribution in [1.29, 1.82) is 0 Å². The highest BCUT2D eigenvalue weighted by atomic mass is 16.5. The van der Waals surface area contributed by atoms with E-state index in [-0.39, 0.29) is 5.91 Å². The molecule has 8 heteroatoms. The smallest absolute Gasteiger partial charge is 0.274 e. The van der Waals surface area contributed by atoms with Gasteiger partial charge in [0.25, 0.3) is 5.91 Å². The van der Waals surface area contributed by atoms with Crippen LogP contribution in [0.3, 0.4) is 0 Å². The van der Waals surface area contributed by atoms with Crippen LogP contribution in [0.5, 0.6) is 5.88 Å². The third kappa shape index (κ3) is 3.97. The van der Waals surface area contributed by atoms with Gasteiger partial charge in [0, 0.05) is 38.4 Å². The van der Waals surface area contributed by atoms with Gasteiger partial charge in [-0.2, -0.15) is 5.10 Å². The summed E-state index contributed by atoms with van der Waals surface area (Å²) in [4.78, 5) is 25.9. The standard InChI is InChI=1S/C21H24N6O2/c1-15-6-7-22-17(12-15)19-13-18(21(28)26-10-8-25(2)9-11-26)24-27(19)16-4-5-20(29-3)23-14-16/h4-7,12-14H,8-11H2,1-3H3. The van der Waals surface area contributed by atoms with Crippen LogP contribution in [0.25, 0.3) is 17.1 Å². The molecule has 0 unspecified atom stereocenters. The largest absolute Gasteiger partial charge is 0.481 e. The number of ether oxygens (including phenoxy) is 1. The fourth-order valence-corrected chi connectivity index (χ4v) is 3.33. The molecule has 3 aromatic rings. The first-order valence-corrected chi connectivity index (χ1v) is 9.56. The number of amides is 1. The van der Waals surface area contributed by atoms with Crippen molar-refractivity contribution in [1.82, 2.24) is 29.5 Å². The summed E-state index contributed by atoms with van der Waals surface area (Å²) in [7, 11) is 3.64. The lowest BCUT2D eigenvalue weighted by Gasteiger charge is -2.31. The predicted octanol–water partition coefficient (Wildman–Crippen LogP) is 2.03. The van der Waals surface area contributed by atoms with Crippen LogP contribution in [0.1, 0.15) is 16.1 Å². The first-order chi connectivity index (χ1) is 14.0. The van der Waals surface area contributed by atoms with E-state index in [1.807, 2.05) is 36.1 Å².